The standard InChI is InChI=1S/C21H21ClFN5O2/c1-20(10-26-11-24)9-21(18(29)28(2)19(25)27-21)16-7-12(3-4-17(16)30-20)13-5-14(22)8-15(23)6-13/h3-8,11H,9-10H2,1-2H3,(H2,24,26)(H2,25,27)/t20-,21?/m0/s1. The summed E-state index contributed by atoms with van der Waals surface area (Å²) in [6, 6.07) is 9.57. The van der Waals surface area contributed by atoms with Crippen LogP contribution >= 0.6 is 11.6 Å². The molecule has 2 heterocycles. The highest BCUT2D eigenvalue weighted by atomic mass is 35.5. The van der Waals surface area contributed by atoms with E-state index in [-0.39, 0.29) is 29.9 Å². The number of fused-ring (bicyclic) bond motifs is 2. The first kappa shape index (κ1) is 20.2. The zero-order valence-electron chi connectivity index (χ0n) is 16.5. The van der Waals surface area contributed by atoms with E-state index in [1.165, 1.54) is 23.4 Å². The molecule has 0 aliphatic carbocycles. The van der Waals surface area contributed by atoms with Gasteiger partial charge in [0.25, 0.3) is 5.91 Å². The Morgan fingerprint density at radius 1 is 1.33 bits per heavy atom. The molecule has 0 radical (unpaired) electrons. The lowest BCUT2D eigenvalue weighted by Gasteiger charge is -2.42. The molecule has 1 amide bonds. The van der Waals surface area contributed by atoms with Gasteiger partial charge in [-0.2, -0.15) is 0 Å². The third-order valence-electron chi connectivity index (χ3n) is 5.45. The Bertz CT molecular complexity index is 1080. The number of rotatable bonds is 3. The summed E-state index contributed by atoms with van der Waals surface area (Å²) in [6.07, 6.45) is 1.43. The van der Waals surface area contributed by atoms with E-state index in [9.17, 15) is 9.18 Å². The summed E-state index contributed by atoms with van der Waals surface area (Å²) in [5.74, 6) is -0.103. The zero-order valence-corrected chi connectivity index (χ0v) is 17.3. The Labute approximate surface area is 178 Å². The number of ether oxygens (including phenoxy) is 1. The van der Waals surface area contributed by atoms with Crippen molar-refractivity contribution >= 4 is 29.8 Å². The molecule has 2 aliphatic rings. The summed E-state index contributed by atoms with van der Waals surface area (Å²) in [5, 5.41) is 0.278. The number of carbonyl (C=O) groups excluding carboxylic acids is 1. The molecule has 1 unspecified atom stereocenters. The Morgan fingerprint density at radius 3 is 2.73 bits per heavy atom. The lowest BCUT2D eigenvalue weighted by Crippen LogP contribution is -2.51. The quantitative estimate of drug-likeness (QED) is 0.577. The van der Waals surface area contributed by atoms with E-state index in [0.717, 1.165) is 0 Å². The molecule has 156 valence electrons. The van der Waals surface area contributed by atoms with Crippen LogP contribution in [0, 0.1) is 5.82 Å². The molecule has 7 nitrogen and oxygen atoms in total. The van der Waals surface area contributed by atoms with Crippen LogP contribution in [0.1, 0.15) is 18.9 Å². The number of carbonyl (C=O) groups is 1. The van der Waals surface area contributed by atoms with E-state index >= 15 is 0 Å². The van der Waals surface area contributed by atoms with E-state index < -0.39 is 17.0 Å². The van der Waals surface area contributed by atoms with Crippen LogP contribution in [-0.4, -0.2) is 42.3 Å². The highest BCUT2D eigenvalue weighted by molar-refractivity contribution is 6.30. The number of nitrogens with two attached hydrogens (primary N) is 2. The molecule has 2 atom stereocenters. The van der Waals surface area contributed by atoms with E-state index in [0.29, 0.717) is 22.4 Å². The molecule has 0 saturated carbocycles. The second-order valence-electron chi connectivity index (χ2n) is 7.78. The van der Waals surface area contributed by atoms with Crippen molar-refractivity contribution in [3.05, 3.63) is 52.8 Å². The first-order valence-corrected chi connectivity index (χ1v) is 9.69. The largest absolute Gasteiger partial charge is 0.485 e. The summed E-state index contributed by atoms with van der Waals surface area (Å²) >= 11 is 6.02. The summed E-state index contributed by atoms with van der Waals surface area (Å²) in [5.41, 5.74) is 11.2. The maximum Gasteiger partial charge on any atom is 0.261 e. The van der Waals surface area contributed by atoms with Crippen LogP contribution in [0.5, 0.6) is 5.75 Å². The highest BCUT2D eigenvalue weighted by Crippen LogP contribution is 2.50. The molecule has 0 bridgehead atoms. The fourth-order valence-corrected chi connectivity index (χ4v) is 4.33. The molecule has 4 rings (SSSR count). The van der Waals surface area contributed by atoms with Crippen molar-refractivity contribution in [3.8, 4) is 16.9 Å². The maximum atomic E-state index is 13.9. The van der Waals surface area contributed by atoms with Gasteiger partial charge in [0.15, 0.2) is 11.5 Å². The van der Waals surface area contributed by atoms with Crippen LogP contribution in [0.4, 0.5) is 4.39 Å². The lowest BCUT2D eigenvalue weighted by atomic mass is 9.76. The molecule has 2 aromatic rings. The van der Waals surface area contributed by atoms with Gasteiger partial charge in [-0.1, -0.05) is 17.7 Å². The molecule has 9 heteroatoms. The highest BCUT2D eigenvalue weighted by Gasteiger charge is 2.56. The van der Waals surface area contributed by atoms with E-state index in [1.807, 2.05) is 6.92 Å². The minimum Gasteiger partial charge on any atom is -0.485 e. The van der Waals surface area contributed by atoms with E-state index in [4.69, 9.17) is 27.8 Å². The van der Waals surface area contributed by atoms with Gasteiger partial charge in [-0.25, -0.2) is 9.38 Å². The van der Waals surface area contributed by atoms with Crippen molar-refractivity contribution in [2.24, 2.45) is 21.5 Å². The van der Waals surface area contributed by atoms with Crippen LogP contribution in [0.3, 0.4) is 0 Å². The maximum absolute atomic E-state index is 13.9. The monoisotopic (exact) mass is 429 g/mol. The van der Waals surface area contributed by atoms with E-state index in [1.54, 1.807) is 31.3 Å². The fraction of sp³-hybridized carbons (Fsp3) is 0.286. The molecule has 2 aliphatic heterocycles. The van der Waals surface area contributed by atoms with Crippen LogP contribution in [0.2, 0.25) is 5.02 Å². The Kier molecular flexibility index (Phi) is 4.69. The predicted octanol–water partition coefficient (Wildman–Crippen LogP) is 2.66. The van der Waals surface area contributed by atoms with Gasteiger partial charge >= 0.3 is 0 Å². The first-order chi connectivity index (χ1) is 14.2. The third-order valence-corrected chi connectivity index (χ3v) is 5.66. The SMILES string of the molecule is CN1C(=O)C2(C[C@@](C)(CN=CN)Oc3ccc(-c4cc(F)cc(Cl)c4)cc32)N=C1N. The van der Waals surface area contributed by atoms with Crippen LogP contribution in [0.25, 0.3) is 11.1 Å². The molecular formula is C21H21ClFN5O2. The average Bonchev–Trinajstić information content (AvgIpc) is 2.89. The summed E-state index contributed by atoms with van der Waals surface area (Å²) < 4.78 is 20.1. The third kappa shape index (κ3) is 3.17. The number of aliphatic imine (C=N–C) groups is 2. The summed E-state index contributed by atoms with van der Waals surface area (Å²) in [7, 11) is 1.58. The number of amides is 1. The van der Waals surface area contributed by atoms with Gasteiger partial charge in [0.05, 0.1) is 12.9 Å². The van der Waals surface area contributed by atoms with E-state index in [2.05, 4.69) is 9.98 Å². The second-order valence-corrected chi connectivity index (χ2v) is 8.22. The van der Waals surface area contributed by atoms with Crippen LogP contribution in [-0.2, 0) is 10.3 Å². The van der Waals surface area contributed by atoms with Gasteiger partial charge in [-0.3, -0.25) is 14.7 Å². The van der Waals surface area contributed by atoms with Gasteiger partial charge in [-0.05, 0) is 48.4 Å². The molecule has 1 spiro atoms. The normalized spacial score (nSPS) is 25.5. The molecule has 0 fully saturated rings. The van der Waals surface area contributed by atoms with Gasteiger partial charge in [-0.15, -0.1) is 0 Å². The van der Waals surface area contributed by atoms with Crippen molar-refractivity contribution in [2.75, 3.05) is 13.6 Å². The van der Waals surface area contributed by atoms with Crippen molar-refractivity contribution < 1.29 is 13.9 Å². The van der Waals surface area contributed by atoms with Gasteiger partial charge in [0.1, 0.15) is 17.2 Å². The van der Waals surface area contributed by atoms with Crippen LogP contribution < -0.4 is 16.2 Å². The summed E-state index contributed by atoms with van der Waals surface area (Å²) in [6.45, 7) is 2.10. The van der Waals surface area contributed by atoms with Crippen molar-refractivity contribution in [1.82, 2.24) is 4.90 Å². The molecule has 30 heavy (non-hydrogen) atoms. The minimum absolute atomic E-state index is 0.122. The Balaban J connectivity index is 1.90. The number of halogens is 2. The first-order valence-electron chi connectivity index (χ1n) is 9.31. The van der Waals surface area contributed by atoms with Gasteiger partial charge < -0.3 is 16.2 Å². The Hall–Kier alpha value is -3.13. The molecular weight excluding hydrogens is 409 g/mol. The van der Waals surface area contributed by atoms with Crippen LogP contribution in [0.15, 0.2) is 46.4 Å². The zero-order chi connectivity index (χ0) is 21.7. The topological polar surface area (TPSA) is 106 Å². The van der Waals surface area contributed by atoms with Gasteiger partial charge in [0.2, 0.25) is 0 Å². The average molecular weight is 430 g/mol. The Morgan fingerprint density at radius 2 is 2.10 bits per heavy atom. The minimum atomic E-state index is -1.27. The molecule has 0 aromatic heterocycles. The van der Waals surface area contributed by atoms with Gasteiger partial charge in [0, 0.05) is 24.1 Å². The lowest BCUT2D eigenvalue weighted by molar-refractivity contribution is -0.133. The summed E-state index contributed by atoms with van der Waals surface area (Å²) in [4.78, 5) is 23.3. The fourth-order valence-electron chi connectivity index (χ4n) is 4.10. The number of benzene rings is 2. The molecule has 0 saturated heterocycles. The predicted molar refractivity (Wildman–Crippen MR) is 114 cm³/mol. The molecule has 2 aromatic carbocycles. The van der Waals surface area contributed by atoms with Crippen molar-refractivity contribution in [3.63, 3.8) is 0 Å². The molecule has 4 N–H and O–H groups in total. The number of likely N-dealkylation sites (N-methyl/N-ethyl adjacent to an activating group) is 1. The number of hydrogen-bond acceptors (Lipinski definition) is 5. The van der Waals surface area contributed by atoms with Crippen molar-refractivity contribution in [1.29, 1.82) is 0 Å². The number of hydrogen-bond donors (Lipinski definition) is 2. The number of nitrogens with zero attached hydrogens (tertiary/aromatic N) is 3. The second kappa shape index (κ2) is 6.98. The number of guanidine groups is 1. The van der Waals surface area contributed by atoms with Crippen molar-refractivity contribution in [2.45, 2.75) is 24.5 Å². The smallest absolute Gasteiger partial charge is 0.261 e.